The van der Waals surface area contributed by atoms with Crippen LogP contribution in [0, 0.1) is 0 Å². The molecule has 1 saturated heterocycles. The van der Waals surface area contributed by atoms with Gasteiger partial charge in [-0.2, -0.15) is 0 Å². The van der Waals surface area contributed by atoms with Crippen LogP contribution in [0.15, 0.2) is 70.6 Å². The van der Waals surface area contributed by atoms with Crippen molar-refractivity contribution in [3.05, 3.63) is 71.0 Å². The zero-order chi connectivity index (χ0) is 23.7. The van der Waals surface area contributed by atoms with Gasteiger partial charge in [-0.05, 0) is 36.2 Å². The van der Waals surface area contributed by atoms with Crippen LogP contribution in [-0.2, 0) is 16.6 Å². The van der Waals surface area contributed by atoms with Crippen molar-refractivity contribution in [2.45, 2.75) is 18.0 Å². The summed E-state index contributed by atoms with van der Waals surface area (Å²) in [4.78, 5) is 45.6. The molecule has 0 atom stereocenters. The first-order valence-corrected chi connectivity index (χ1v) is 12.7. The predicted molar refractivity (Wildman–Crippen MR) is 138 cm³/mol. The third-order valence-electron chi connectivity index (χ3n) is 5.64. The third-order valence-corrected chi connectivity index (χ3v) is 7.75. The predicted octanol–water partition coefficient (Wildman–Crippen LogP) is 4.52. The highest BCUT2D eigenvalue weighted by atomic mass is 32.2. The van der Waals surface area contributed by atoms with Gasteiger partial charge in [-0.15, -0.1) is 11.3 Å². The number of thioether (sulfide) groups is 1. The van der Waals surface area contributed by atoms with Crippen molar-refractivity contribution in [1.82, 2.24) is 9.55 Å². The molecule has 2 amide bonds. The van der Waals surface area contributed by atoms with Gasteiger partial charge in [0.2, 0.25) is 11.8 Å². The van der Waals surface area contributed by atoms with Gasteiger partial charge in [0.1, 0.15) is 4.83 Å². The second-order valence-electron chi connectivity index (χ2n) is 7.99. The molecule has 5 rings (SSSR count). The van der Waals surface area contributed by atoms with Crippen molar-refractivity contribution in [2.75, 3.05) is 22.5 Å². The van der Waals surface area contributed by atoms with E-state index >= 15 is 0 Å². The molecule has 1 aliphatic rings. The van der Waals surface area contributed by atoms with Crippen molar-refractivity contribution in [3.63, 3.8) is 0 Å². The van der Waals surface area contributed by atoms with E-state index in [0.717, 1.165) is 22.5 Å². The normalized spacial score (nSPS) is 13.6. The summed E-state index contributed by atoms with van der Waals surface area (Å²) >= 11 is 2.69. The van der Waals surface area contributed by atoms with Crippen molar-refractivity contribution < 1.29 is 9.59 Å². The van der Waals surface area contributed by atoms with Crippen LogP contribution in [0.1, 0.15) is 12.8 Å². The second-order valence-corrected chi connectivity index (χ2v) is 9.96. The third kappa shape index (κ3) is 4.49. The molecule has 7 nitrogen and oxygen atoms in total. The topological polar surface area (TPSA) is 84.3 Å². The molecule has 0 spiro atoms. The Labute approximate surface area is 204 Å². The zero-order valence-electron chi connectivity index (χ0n) is 18.5. The summed E-state index contributed by atoms with van der Waals surface area (Å²) in [6.45, 7) is 0.697. The van der Waals surface area contributed by atoms with E-state index in [4.69, 9.17) is 0 Å². The number of amides is 2. The average Bonchev–Trinajstić information content (AvgIpc) is 3.47. The van der Waals surface area contributed by atoms with Crippen molar-refractivity contribution in [3.8, 4) is 10.4 Å². The van der Waals surface area contributed by atoms with E-state index < -0.39 is 0 Å². The van der Waals surface area contributed by atoms with Crippen LogP contribution in [0.5, 0.6) is 0 Å². The van der Waals surface area contributed by atoms with Gasteiger partial charge in [-0.25, -0.2) is 4.98 Å². The molecule has 0 aliphatic carbocycles. The fourth-order valence-electron chi connectivity index (χ4n) is 3.92. The molecule has 0 bridgehead atoms. The minimum atomic E-state index is -0.208. The van der Waals surface area contributed by atoms with E-state index in [2.05, 4.69) is 10.3 Å². The Morgan fingerprint density at radius 1 is 1.12 bits per heavy atom. The number of nitrogens with one attached hydrogen (secondary N) is 1. The first kappa shape index (κ1) is 22.4. The van der Waals surface area contributed by atoms with Crippen LogP contribution < -0.4 is 15.8 Å². The number of hydrogen-bond donors (Lipinski definition) is 1. The Morgan fingerprint density at radius 2 is 1.94 bits per heavy atom. The van der Waals surface area contributed by atoms with Crippen LogP contribution in [0.25, 0.3) is 20.7 Å². The minimum absolute atomic E-state index is 0.102. The van der Waals surface area contributed by atoms with E-state index in [-0.39, 0.29) is 23.1 Å². The molecule has 0 unspecified atom stereocenters. The van der Waals surface area contributed by atoms with E-state index in [1.165, 1.54) is 27.7 Å². The lowest BCUT2D eigenvalue weighted by molar-refractivity contribution is -0.117. The highest BCUT2D eigenvalue weighted by Gasteiger charge is 2.22. The molecular weight excluding hydrogens is 468 g/mol. The number of carbonyl (C=O) groups excluding carboxylic acids is 2. The number of thiophene rings is 1. The smallest absolute Gasteiger partial charge is 0.262 e. The molecule has 1 fully saturated rings. The summed E-state index contributed by atoms with van der Waals surface area (Å²) in [7, 11) is 1.67. The van der Waals surface area contributed by atoms with Gasteiger partial charge in [0.25, 0.3) is 5.56 Å². The van der Waals surface area contributed by atoms with Crippen LogP contribution in [0.4, 0.5) is 11.4 Å². The molecule has 2 aromatic carbocycles. The highest BCUT2D eigenvalue weighted by Crippen LogP contribution is 2.32. The monoisotopic (exact) mass is 490 g/mol. The molecule has 1 N–H and O–H groups in total. The standard InChI is InChI=1S/C25H22N4O3S2/c1-28-24(32)19-14-20(16-7-3-2-4-8-16)34-23(19)27-25(28)33-15-21(30)26-17-9-5-10-18(13-17)29-12-6-11-22(29)31/h2-5,7-10,13-14H,6,11-12,15H2,1H3,(H,26,30). The maximum atomic E-state index is 12.9. The lowest BCUT2D eigenvalue weighted by Crippen LogP contribution is -2.24. The number of rotatable bonds is 6. The summed E-state index contributed by atoms with van der Waals surface area (Å²) in [5.74, 6) is 0.000994. The Morgan fingerprint density at radius 3 is 2.71 bits per heavy atom. The maximum absolute atomic E-state index is 12.9. The molecule has 34 heavy (non-hydrogen) atoms. The Balaban J connectivity index is 1.30. The Kier molecular flexibility index (Phi) is 6.21. The van der Waals surface area contributed by atoms with Gasteiger partial charge >= 0.3 is 0 Å². The van der Waals surface area contributed by atoms with E-state index in [9.17, 15) is 14.4 Å². The lowest BCUT2D eigenvalue weighted by atomic mass is 10.2. The Hall–Kier alpha value is -3.43. The van der Waals surface area contributed by atoms with Crippen LogP contribution in [-0.4, -0.2) is 33.7 Å². The fraction of sp³-hybridized carbons (Fsp3) is 0.200. The number of nitrogens with zero attached hydrogens (tertiary/aromatic N) is 3. The summed E-state index contributed by atoms with van der Waals surface area (Å²) in [5.41, 5.74) is 2.33. The van der Waals surface area contributed by atoms with Crippen molar-refractivity contribution in [1.29, 1.82) is 0 Å². The van der Waals surface area contributed by atoms with Gasteiger partial charge in [-0.1, -0.05) is 48.2 Å². The summed E-state index contributed by atoms with van der Waals surface area (Å²) in [5, 5.41) is 3.95. The molecule has 172 valence electrons. The molecule has 4 aromatic rings. The highest BCUT2D eigenvalue weighted by molar-refractivity contribution is 7.99. The van der Waals surface area contributed by atoms with Gasteiger partial charge in [0.15, 0.2) is 5.16 Å². The molecular formula is C25H22N4O3S2. The van der Waals surface area contributed by atoms with Crippen LogP contribution in [0.2, 0.25) is 0 Å². The average molecular weight is 491 g/mol. The largest absolute Gasteiger partial charge is 0.325 e. The summed E-state index contributed by atoms with van der Waals surface area (Å²) < 4.78 is 1.49. The number of anilines is 2. The van der Waals surface area contributed by atoms with Crippen LogP contribution >= 0.6 is 23.1 Å². The molecule has 9 heteroatoms. The van der Waals surface area contributed by atoms with Gasteiger partial charge < -0.3 is 10.2 Å². The van der Waals surface area contributed by atoms with E-state index in [0.29, 0.717) is 34.0 Å². The summed E-state index contributed by atoms with van der Waals surface area (Å²) in [6, 6.07) is 19.1. The van der Waals surface area contributed by atoms with Gasteiger partial charge in [0, 0.05) is 36.3 Å². The first-order chi connectivity index (χ1) is 16.5. The first-order valence-electron chi connectivity index (χ1n) is 10.9. The number of carbonyl (C=O) groups is 2. The van der Waals surface area contributed by atoms with E-state index in [1.807, 2.05) is 54.6 Å². The van der Waals surface area contributed by atoms with Gasteiger partial charge in [-0.3, -0.25) is 19.0 Å². The van der Waals surface area contributed by atoms with Crippen molar-refractivity contribution in [2.24, 2.45) is 7.05 Å². The fourth-order valence-corrected chi connectivity index (χ4v) is 5.77. The molecule has 0 radical (unpaired) electrons. The van der Waals surface area contributed by atoms with E-state index in [1.54, 1.807) is 18.0 Å². The molecule has 2 aromatic heterocycles. The maximum Gasteiger partial charge on any atom is 0.262 e. The molecule has 3 heterocycles. The number of hydrogen-bond acceptors (Lipinski definition) is 6. The SMILES string of the molecule is Cn1c(SCC(=O)Nc2cccc(N3CCCC3=O)c2)nc2sc(-c3ccccc3)cc2c1=O. The quantitative estimate of drug-likeness (QED) is 0.317. The van der Waals surface area contributed by atoms with Crippen LogP contribution in [0.3, 0.4) is 0 Å². The lowest BCUT2D eigenvalue weighted by Gasteiger charge is -2.16. The number of fused-ring (bicyclic) bond motifs is 1. The number of benzene rings is 2. The Bertz CT molecular complexity index is 1450. The van der Waals surface area contributed by atoms with Crippen molar-refractivity contribution >= 4 is 56.5 Å². The van der Waals surface area contributed by atoms with Gasteiger partial charge in [0.05, 0.1) is 11.1 Å². The minimum Gasteiger partial charge on any atom is -0.325 e. The molecule has 1 aliphatic heterocycles. The zero-order valence-corrected chi connectivity index (χ0v) is 20.1. The molecule has 0 saturated carbocycles. The summed E-state index contributed by atoms with van der Waals surface area (Å²) in [6.07, 6.45) is 1.40. The number of aromatic nitrogens is 2. The second kappa shape index (κ2) is 9.44.